The molecule has 6 heteroatoms. The summed E-state index contributed by atoms with van der Waals surface area (Å²) in [4.78, 5) is 11.8. The Morgan fingerprint density at radius 2 is 1.77 bits per heavy atom. The van der Waals surface area contributed by atoms with Crippen LogP contribution in [0.4, 0.5) is 18.9 Å². The van der Waals surface area contributed by atoms with Crippen LogP contribution >= 0.6 is 0 Å². The highest BCUT2D eigenvalue weighted by Gasteiger charge is 2.10. The number of hydrogen-bond acceptors (Lipinski definition) is 2. The molecule has 0 radical (unpaired) electrons. The zero-order valence-corrected chi connectivity index (χ0v) is 11.3. The van der Waals surface area contributed by atoms with E-state index < -0.39 is 18.3 Å². The molecule has 114 valence electrons. The maximum absolute atomic E-state index is 13.4. The first-order valence-corrected chi connectivity index (χ1v) is 6.33. The second-order valence-electron chi connectivity index (χ2n) is 4.22. The van der Waals surface area contributed by atoms with Gasteiger partial charge in [-0.2, -0.15) is 8.78 Å². The molecule has 0 heterocycles. The molecule has 1 amide bonds. The third-order valence-electron chi connectivity index (χ3n) is 2.68. The zero-order chi connectivity index (χ0) is 15.9. The van der Waals surface area contributed by atoms with E-state index >= 15 is 0 Å². The summed E-state index contributed by atoms with van der Waals surface area (Å²) in [7, 11) is 0. The fourth-order valence-corrected chi connectivity index (χ4v) is 1.72. The van der Waals surface area contributed by atoms with Gasteiger partial charge < -0.3 is 10.1 Å². The molecular formula is C16H12F3NO2. The molecule has 1 N–H and O–H groups in total. The Bertz CT molecular complexity index is 687. The van der Waals surface area contributed by atoms with Gasteiger partial charge in [0.15, 0.2) is 0 Å². The van der Waals surface area contributed by atoms with Gasteiger partial charge in [-0.25, -0.2) is 4.39 Å². The number of halogens is 3. The summed E-state index contributed by atoms with van der Waals surface area (Å²) in [6.45, 7) is -2.99. The minimum absolute atomic E-state index is 0.103. The summed E-state index contributed by atoms with van der Waals surface area (Å²) in [6.07, 6.45) is 2.40. The van der Waals surface area contributed by atoms with Crippen molar-refractivity contribution in [1.82, 2.24) is 0 Å². The molecule has 2 aromatic carbocycles. The van der Waals surface area contributed by atoms with Crippen molar-refractivity contribution in [2.45, 2.75) is 6.61 Å². The summed E-state index contributed by atoms with van der Waals surface area (Å²) < 4.78 is 42.2. The molecular weight excluding hydrogens is 295 g/mol. The molecule has 3 nitrogen and oxygen atoms in total. The van der Waals surface area contributed by atoms with Crippen molar-refractivity contribution >= 4 is 17.7 Å². The Hall–Kier alpha value is -2.76. The first kappa shape index (κ1) is 15.6. The lowest BCUT2D eigenvalue weighted by Crippen LogP contribution is -2.11. The number of ether oxygens (including phenoxy) is 1. The van der Waals surface area contributed by atoms with Gasteiger partial charge in [0.05, 0.1) is 5.69 Å². The lowest BCUT2D eigenvalue weighted by atomic mass is 10.2. The van der Waals surface area contributed by atoms with E-state index in [0.29, 0.717) is 0 Å². The Morgan fingerprint density at radius 1 is 1.09 bits per heavy atom. The van der Waals surface area contributed by atoms with Crippen LogP contribution in [-0.4, -0.2) is 12.5 Å². The van der Waals surface area contributed by atoms with Crippen molar-refractivity contribution in [3.8, 4) is 5.75 Å². The van der Waals surface area contributed by atoms with E-state index in [4.69, 9.17) is 0 Å². The molecule has 0 aliphatic heterocycles. The maximum atomic E-state index is 13.4. The van der Waals surface area contributed by atoms with E-state index in [2.05, 4.69) is 10.1 Å². The van der Waals surface area contributed by atoms with E-state index in [1.165, 1.54) is 42.5 Å². The van der Waals surface area contributed by atoms with E-state index in [-0.39, 0.29) is 17.0 Å². The van der Waals surface area contributed by atoms with Crippen LogP contribution in [0, 0.1) is 5.82 Å². The Kier molecular flexibility index (Phi) is 5.19. The van der Waals surface area contributed by atoms with E-state index in [1.807, 2.05) is 0 Å². The van der Waals surface area contributed by atoms with Gasteiger partial charge in [-0.05, 0) is 24.3 Å². The second-order valence-corrected chi connectivity index (χ2v) is 4.22. The second kappa shape index (κ2) is 7.31. The molecule has 0 aliphatic rings. The van der Waals surface area contributed by atoms with Gasteiger partial charge in [0.25, 0.3) is 0 Å². The van der Waals surface area contributed by atoms with Gasteiger partial charge in [-0.3, -0.25) is 4.79 Å². The SMILES string of the molecule is O=C(/C=C/c1ccccc1F)Nc1ccccc1OC(F)F. The average molecular weight is 307 g/mol. The van der Waals surface area contributed by atoms with Crippen LogP contribution in [0.3, 0.4) is 0 Å². The average Bonchev–Trinajstić information content (AvgIpc) is 2.48. The van der Waals surface area contributed by atoms with Crippen LogP contribution < -0.4 is 10.1 Å². The molecule has 0 aliphatic carbocycles. The molecule has 0 aromatic heterocycles. The number of benzene rings is 2. The molecule has 0 spiro atoms. The lowest BCUT2D eigenvalue weighted by molar-refractivity contribution is -0.111. The summed E-state index contributed by atoms with van der Waals surface area (Å²) in [6, 6.07) is 11.7. The molecule has 0 unspecified atom stereocenters. The van der Waals surface area contributed by atoms with Crippen molar-refractivity contribution in [3.63, 3.8) is 0 Å². The van der Waals surface area contributed by atoms with Gasteiger partial charge >= 0.3 is 6.61 Å². The predicted octanol–water partition coefficient (Wildman–Crippen LogP) is 4.08. The van der Waals surface area contributed by atoms with Crippen LogP contribution in [0.2, 0.25) is 0 Å². The molecule has 0 saturated carbocycles. The normalized spacial score (nSPS) is 10.9. The zero-order valence-electron chi connectivity index (χ0n) is 11.3. The van der Waals surface area contributed by atoms with Crippen LogP contribution in [0.1, 0.15) is 5.56 Å². The van der Waals surface area contributed by atoms with Crippen LogP contribution in [0.5, 0.6) is 5.75 Å². The first-order chi connectivity index (χ1) is 10.6. The smallest absolute Gasteiger partial charge is 0.387 e. The molecule has 0 atom stereocenters. The molecule has 0 fully saturated rings. The van der Waals surface area contributed by atoms with Crippen molar-refractivity contribution < 1.29 is 22.7 Å². The van der Waals surface area contributed by atoms with Crippen LogP contribution in [0.25, 0.3) is 6.08 Å². The van der Waals surface area contributed by atoms with E-state index in [9.17, 15) is 18.0 Å². The van der Waals surface area contributed by atoms with Gasteiger partial charge in [-0.1, -0.05) is 30.3 Å². The number of amides is 1. The highest BCUT2D eigenvalue weighted by molar-refractivity contribution is 6.02. The van der Waals surface area contributed by atoms with Crippen molar-refractivity contribution in [2.24, 2.45) is 0 Å². The maximum Gasteiger partial charge on any atom is 0.387 e. The minimum Gasteiger partial charge on any atom is -0.433 e. The van der Waals surface area contributed by atoms with Crippen molar-refractivity contribution in [3.05, 3.63) is 66.0 Å². The summed E-state index contributed by atoms with van der Waals surface area (Å²) in [5.41, 5.74) is 0.348. The number of rotatable bonds is 5. The summed E-state index contributed by atoms with van der Waals surface area (Å²) >= 11 is 0. The lowest BCUT2D eigenvalue weighted by Gasteiger charge is -2.10. The highest BCUT2D eigenvalue weighted by atomic mass is 19.3. The number of hydrogen-bond donors (Lipinski definition) is 1. The third kappa shape index (κ3) is 4.37. The van der Waals surface area contributed by atoms with Gasteiger partial charge in [-0.15, -0.1) is 0 Å². The molecule has 2 rings (SSSR count). The highest BCUT2D eigenvalue weighted by Crippen LogP contribution is 2.25. The number of carbonyl (C=O) groups excluding carboxylic acids is 1. The van der Waals surface area contributed by atoms with Gasteiger partial charge in [0, 0.05) is 11.6 Å². The summed E-state index contributed by atoms with van der Waals surface area (Å²) in [5.74, 6) is -1.20. The first-order valence-electron chi connectivity index (χ1n) is 6.33. The quantitative estimate of drug-likeness (QED) is 0.845. The topological polar surface area (TPSA) is 38.3 Å². The largest absolute Gasteiger partial charge is 0.433 e. The monoisotopic (exact) mass is 307 g/mol. The fourth-order valence-electron chi connectivity index (χ4n) is 1.72. The molecule has 2 aromatic rings. The predicted molar refractivity (Wildman–Crippen MR) is 77.1 cm³/mol. The molecule has 22 heavy (non-hydrogen) atoms. The van der Waals surface area contributed by atoms with E-state index in [0.717, 1.165) is 6.08 Å². The van der Waals surface area contributed by atoms with Crippen LogP contribution in [0.15, 0.2) is 54.6 Å². The molecule has 0 saturated heterocycles. The summed E-state index contributed by atoms with van der Waals surface area (Å²) in [5, 5.41) is 2.40. The van der Waals surface area contributed by atoms with Gasteiger partial charge in [0.1, 0.15) is 11.6 Å². The number of carbonyl (C=O) groups is 1. The van der Waals surface area contributed by atoms with Crippen molar-refractivity contribution in [2.75, 3.05) is 5.32 Å². The Balaban J connectivity index is 2.08. The standard InChI is InChI=1S/C16H12F3NO2/c17-12-6-2-1-5-11(12)9-10-15(21)20-13-7-3-4-8-14(13)22-16(18)19/h1-10,16H,(H,20,21)/b10-9+. The van der Waals surface area contributed by atoms with Crippen LogP contribution in [-0.2, 0) is 4.79 Å². The fraction of sp³-hybridized carbons (Fsp3) is 0.0625. The Labute approximate surface area is 125 Å². The molecule has 0 bridgehead atoms. The van der Waals surface area contributed by atoms with E-state index in [1.54, 1.807) is 12.1 Å². The number of anilines is 1. The third-order valence-corrected chi connectivity index (χ3v) is 2.68. The van der Waals surface area contributed by atoms with Crippen molar-refractivity contribution in [1.29, 1.82) is 0 Å². The minimum atomic E-state index is -2.99. The van der Waals surface area contributed by atoms with Gasteiger partial charge in [0.2, 0.25) is 5.91 Å². The number of alkyl halides is 2. The number of nitrogens with one attached hydrogen (secondary N) is 1. The number of para-hydroxylation sites is 2. The Morgan fingerprint density at radius 3 is 2.50 bits per heavy atom.